The molecule has 3 rings (SSSR count). The Hall–Kier alpha value is -2.84. The van der Waals surface area contributed by atoms with Gasteiger partial charge in [0, 0.05) is 43.8 Å². The molecular weight excluding hydrogens is 392 g/mol. The summed E-state index contributed by atoms with van der Waals surface area (Å²) in [6.07, 6.45) is 0.636. The molecule has 0 aliphatic carbocycles. The highest BCUT2D eigenvalue weighted by Crippen LogP contribution is 2.28. The number of aryl methyl sites for hydroxylation is 2. The number of fused-ring (bicyclic) bond motifs is 1. The van der Waals surface area contributed by atoms with Crippen LogP contribution in [-0.2, 0) is 23.0 Å². The fraction of sp³-hybridized carbons (Fsp3) is 0.286. The van der Waals surface area contributed by atoms with E-state index < -0.39 is 15.6 Å². The van der Waals surface area contributed by atoms with Crippen molar-refractivity contribution in [2.24, 2.45) is 0 Å². The van der Waals surface area contributed by atoms with Crippen molar-refractivity contribution in [1.29, 1.82) is 0 Å². The molecule has 1 aromatic heterocycles. The van der Waals surface area contributed by atoms with Crippen molar-refractivity contribution in [3.05, 3.63) is 63.5 Å². The Morgan fingerprint density at radius 2 is 1.83 bits per heavy atom. The molecular formula is C21H24N2O5S. The van der Waals surface area contributed by atoms with E-state index in [1.807, 2.05) is 19.9 Å². The van der Waals surface area contributed by atoms with Crippen LogP contribution in [0, 0.1) is 6.92 Å². The standard InChI is InChI=1S/C21H24N2O5S/c1-5-14-8-17-15(9-21(25)28-20(17)11-19(14)24)12-22-18-10-16(7-6-13(18)2)29(26,27)23(3)4/h6-11,22,24H,5,12H2,1-4H3. The number of hydrogen-bond acceptors (Lipinski definition) is 6. The molecule has 1 heterocycles. The molecule has 0 radical (unpaired) electrons. The fourth-order valence-electron chi connectivity index (χ4n) is 3.09. The van der Waals surface area contributed by atoms with E-state index in [0.29, 0.717) is 29.8 Å². The minimum Gasteiger partial charge on any atom is -0.508 e. The van der Waals surface area contributed by atoms with Crippen LogP contribution in [0.3, 0.4) is 0 Å². The second-order valence-electron chi connectivity index (χ2n) is 7.04. The van der Waals surface area contributed by atoms with E-state index in [2.05, 4.69) is 5.32 Å². The van der Waals surface area contributed by atoms with Gasteiger partial charge < -0.3 is 14.8 Å². The molecule has 0 saturated heterocycles. The maximum Gasteiger partial charge on any atom is 0.336 e. The van der Waals surface area contributed by atoms with Crippen LogP contribution in [0.2, 0.25) is 0 Å². The lowest BCUT2D eigenvalue weighted by Crippen LogP contribution is -2.22. The summed E-state index contributed by atoms with van der Waals surface area (Å²) in [7, 11) is -0.585. The van der Waals surface area contributed by atoms with Gasteiger partial charge in [-0.25, -0.2) is 17.5 Å². The van der Waals surface area contributed by atoms with Gasteiger partial charge in [-0.05, 0) is 48.2 Å². The van der Waals surface area contributed by atoms with Crippen molar-refractivity contribution in [3.8, 4) is 5.75 Å². The van der Waals surface area contributed by atoms with Gasteiger partial charge >= 0.3 is 5.63 Å². The average molecular weight is 416 g/mol. The Bertz CT molecular complexity index is 1230. The molecule has 7 nitrogen and oxygen atoms in total. The third kappa shape index (κ3) is 4.13. The molecule has 154 valence electrons. The maximum atomic E-state index is 12.4. The van der Waals surface area contributed by atoms with Crippen molar-refractivity contribution >= 4 is 26.7 Å². The number of aromatic hydroxyl groups is 1. The molecule has 0 amide bonds. The molecule has 0 saturated carbocycles. The van der Waals surface area contributed by atoms with Crippen LogP contribution in [0.1, 0.15) is 23.6 Å². The first-order valence-electron chi connectivity index (χ1n) is 9.19. The van der Waals surface area contributed by atoms with Crippen molar-refractivity contribution in [2.45, 2.75) is 31.7 Å². The van der Waals surface area contributed by atoms with Gasteiger partial charge in [-0.3, -0.25) is 0 Å². The van der Waals surface area contributed by atoms with Gasteiger partial charge in [0.05, 0.1) is 4.90 Å². The molecule has 0 unspecified atom stereocenters. The summed E-state index contributed by atoms with van der Waals surface area (Å²) < 4.78 is 31.2. The largest absolute Gasteiger partial charge is 0.508 e. The summed E-state index contributed by atoms with van der Waals surface area (Å²) in [5, 5.41) is 14.0. The quantitative estimate of drug-likeness (QED) is 0.599. The maximum absolute atomic E-state index is 12.4. The van der Waals surface area contributed by atoms with Crippen LogP contribution in [-0.4, -0.2) is 31.9 Å². The van der Waals surface area contributed by atoms with E-state index in [0.717, 1.165) is 20.8 Å². The summed E-state index contributed by atoms with van der Waals surface area (Å²) in [5.41, 5.74) is 2.78. The first-order valence-corrected chi connectivity index (χ1v) is 10.6. The van der Waals surface area contributed by atoms with Crippen molar-refractivity contribution < 1.29 is 17.9 Å². The third-order valence-electron chi connectivity index (χ3n) is 4.87. The van der Waals surface area contributed by atoms with Gasteiger partial charge in [-0.1, -0.05) is 13.0 Å². The Balaban J connectivity index is 2.00. The molecule has 0 fully saturated rings. The van der Waals surface area contributed by atoms with Gasteiger partial charge in [-0.15, -0.1) is 0 Å². The number of phenolic OH excluding ortho intramolecular Hbond substituents is 1. The molecule has 0 spiro atoms. The molecule has 0 aliphatic rings. The first-order chi connectivity index (χ1) is 13.6. The Morgan fingerprint density at radius 1 is 1.10 bits per heavy atom. The summed E-state index contributed by atoms with van der Waals surface area (Å²) in [6, 6.07) is 9.56. The van der Waals surface area contributed by atoms with Crippen LogP contribution in [0.25, 0.3) is 11.0 Å². The molecule has 2 aromatic carbocycles. The van der Waals surface area contributed by atoms with E-state index >= 15 is 0 Å². The predicted molar refractivity (Wildman–Crippen MR) is 113 cm³/mol. The molecule has 0 aliphatic heterocycles. The van der Waals surface area contributed by atoms with E-state index in [1.54, 1.807) is 18.2 Å². The number of nitrogens with zero attached hydrogens (tertiary/aromatic N) is 1. The SMILES string of the molecule is CCc1cc2c(CNc3cc(S(=O)(=O)N(C)C)ccc3C)cc(=O)oc2cc1O. The normalized spacial score (nSPS) is 11.9. The Labute approximate surface area is 169 Å². The van der Waals surface area contributed by atoms with E-state index in [9.17, 15) is 18.3 Å². The van der Waals surface area contributed by atoms with Gasteiger partial charge in [-0.2, -0.15) is 0 Å². The Kier molecular flexibility index (Phi) is 5.68. The molecule has 8 heteroatoms. The molecule has 0 atom stereocenters. The number of phenols is 1. The van der Waals surface area contributed by atoms with Crippen molar-refractivity contribution in [3.63, 3.8) is 0 Å². The molecule has 0 bridgehead atoms. The van der Waals surface area contributed by atoms with E-state index in [-0.39, 0.29) is 10.6 Å². The van der Waals surface area contributed by atoms with Gasteiger partial charge in [0.1, 0.15) is 11.3 Å². The van der Waals surface area contributed by atoms with Crippen LogP contribution in [0.4, 0.5) is 5.69 Å². The summed E-state index contributed by atoms with van der Waals surface area (Å²) >= 11 is 0. The second-order valence-corrected chi connectivity index (χ2v) is 9.19. The minimum atomic E-state index is -3.55. The van der Waals surface area contributed by atoms with E-state index in [4.69, 9.17) is 4.42 Å². The van der Waals surface area contributed by atoms with Crippen molar-refractivity contribution in [2.75, 3.05) is 19.4 Å². The highest BCUT2D eigenvalue weighted by atomic mass is 32.2. The highest BCUT2D eigenvalue weighted by Gasteiger charge is 2.18. The number of rotatable bonds is 6. The van der Waals surface area contributed by atoms with Gasteiger partial charge in [0.15, 0.2) is 0 Å². The average Bonchev–Trinajstić information content (AvgIpc) is 2.66. The van der Waals surface area contributed by atoms with Gasteiger partial charge in [0.25, 0.3) is 0 Å². The Morgan fingerprint density at radius 3 is 2.48 bits per heavy atom. The molecule has 29 heavy (non-hydrogen) atoms. The zero-order chi connectivity index (χ0) is 21.3. The summed E-state index contributed by atoms with van der Waals surface area (Å²) in [4.78, 5) is 12.1. The van der Waals surface area contributed by atoms with Crippen LogP contribution in [0.5, 0.6) is 5.75 Å². The van der Waals surface area contributed by atoms with Crippen LogP contribution in [0.15, 0.2) is 50.5 Å². The molecule has 2 N–H and O–H groups in total. The second kappa shape index (κ2) is 7.88. The van der Waals surface area contributed by atoms with Gasteiger partial charge in [0.2, 0.25) is 10.0 Å². The zero-order valence-corrected chi connectivity index (χ0v) is 17.6. The lowest BCUT2D eigenvalue weighted by atomic mass is 10.0. The smallest absolute Gasteiger partial charge is 0.336 e. The van der Waals surface area contributed by atoms with E-state index in [1.165, 1.54) is 26.2 Å². The summed E-state index contributed by atoms with van der Waals surface area (Å²) in [6.45, 7) is 4.10. The number of benzene rings is 2. The first kappa shape index (κ1) is 20.9. The molecule has 3 aromatic rings. The van der Waals surface area contributed by atoms with Crippen LogP contribution < -0.4 is 10.9 Å². The van der Waals surface area contributed by atoms with Crippen LogP contribution >= 0.6 is 0 Å². The number of hydrogen-bond donors (Lipinski definition) is 2. The minimum absolute atomic E-state index is 0.0886. The fourth-order valence-corrected chi connectivity index (χ4v) is 4.02. The monoisotopic (exact) mass is 416 g/mol. The number of nitrogens with one attached hydrogen (secondary N) is 1. The lowest BCUT2D eigenvalue weighted by Gasteiger charge is -2.15. The zero-order valence-electron chi connectivity index (χ0n) is 16.8. The summed E-state index contributed by atoms with van der Waals surface area (Å²) in [5.74, 6) is 0.0886. The predicted octanol–water partition coefficient (Wildman–Crippen LogP) is 3.23. The lowest BCUT2D eigenvalue weighted by molar-refractivity contribution is 0.466. The highest BCUT2D eigenvalue weighted by molar-refractivity contribution is 7.89. The van der Waals surface area contributed by atoms with Crippen molar-refractivity contribution in [1.82, 2.24) is 4.31 Å². The number of sulfonamides is 1. The number of anilines is 1. The third-order valence-corrected chi connectivity index (χ3v) is 6.68. The topological polar surface area (TPSA) is 99.9 Å².